The quantitative estimate of drug-likeness (QED) is 0.864. The van der Waals surface area contributed by atoms with Crippen LogP contribution in [0.2, 0.25) is 0 Å². The molecule has 2 aromatic rings. The van der Waals surface area contributed by atoms with E-state index in [2.05, 4.69) is 40.6 Å². The second-order valence-electron chi connectivity index (χ2n) is 5.15. The molecule has 1 atom stereocenters. The highest BCUT2D eigenvalue weighted by Gasteiger charge is 2.16. The summed E-state index contributed by atoms with van der Waals surface area (Å²) in [4.78, 5) is 5.46. The number of nitrogens with one attached hydrogen (secondary N) is 1. The van der Waals surface area contributed by atoms with Crippen LogP contribution in [0.3, 0.4) is 0 Å². The molecule has 6 heteroatoms. The van der Waals surface area contributed by atoms with Gasteiger partial charge in [0.25, 0.3) is 0 Å². The highest BCUT2D eigenvalue weighted by atomic mass is 32.1. The monoisotopic (exact) mass is 267 g/mol. The number of hydrogen-bond acceptors (Lipinski definition) is 3. The predicted octanol–water partition coefficient (Wildman–Crippen LogP) is 2.25. The van der Waals surface area contributed by atoms with Crippen molar-refractivity contribution in [1.29, 1.82) is 0 Å². The van der Waals surface area contributed by atoms with Crippen LogP contribution in [0, 0.1) is 11.7 Å². The lowest BCUT2D eigenvalue weighted by molar-refractivity contribution is 0.358. The van der Waals surface area contributed by atoms with Crippen LogP contribution in [0.25, 0.3) is 11.2 Å². The van der Waals surface area contributed by atoms with Crippen molar-refractivity contribution in [2.45, 2.75) is 26.3 Å². The molecule has 0 fully saturated rings. The van der Waals surface area contributed by atoms with Gasteiger partial charge < -0.3 is 9.88 Å². The molecule has 0 aliphatic carbocycles. The van der Waals surface area contributed by atoms with Gasteiger partial charge in [0.05, 0.1) is 5.69 Å². The average Bonchev–Trinajstić information content (AvgIpc) is 2.74. The van der Waals surface area contributed by atoms with Crippen LogP contribution in [0.5, 0.6) is 0 Å². The number of rotatable bonds is 4. The third kappa shape index (κ3) is 2.22. The van der Waals surface area contributed by atoms with Crippen molar-refractivity contribution < 1.29 is 0 Å². The fourth-order valence-electron chi connectivity index (χ4n) is 2.32. The van der Waals surface area contributed by atoms with Gasteiger partial charge in [0.1, 0.15) is 5.52 Å². The van der Waals surface area contributed by atoms with Gasteiger partial charge in [0.2, 0.25) is 0 Å². The van der Waals surface area contributed by atoms with Gasteiger partial charge in [-0.15, -0.1) is 0 Å². The summed E-state index contributed by atoms with van der Waals surface area (Å²) in [5, 5.41) is 4.44. The van der Waals surface area contributed by atoms with Crippen LogP contribution in [0.1, 0.15) is 25.1 Å². The van der Waals surface area contributed by atoms with Crippen LogP contribution in [-0.2, 0) is 7.05 Å². The Balaban J connectivity index is 2.43. The molecular formula is C12H21N5S. The molecular weight excluding hydrogens is 246 g/mol. The summed E-state index contributed by atoms with van der Waals surface area (Å²) in [6.07, 6.45) is 1.07. The van der Waals surface area contributed by atoms with E-state index in [1.807, 2.05) is 18.7 Å². The maximum absolute atomic E-state index is 5.43. The van der Waals surface area contributed by atoms with E-state index in [1.165, 1.54) is 0 Å². The summed E-state index contributed by atoms with van der Waals surface area (Å²) in [5.41, 5.74) is 3.14. The zero-order valence-corrected chi connectivity index (χ0v) is 12.5. The molecule has 0 bridgehead atoms. The van der Waals surface area contributed by atoms with Crippen LogP contribution in [-0.4, -0.2) is 44.9 Å². The molecule has 0 saturated carbocycles. The van der Waals surface area contributed by atoms with Gasteiger partial charge in [-0.2, -0.15) is 5.10 Å². The summed E-state index contributed by atoms with van der Waals surface area (Å²) in [5.74, 6) is 0. The minimum atomic E-state index is 0.364. The number of aromatic amines is 1. The first-order valence-corrected chi connectivity index (χ1v) is 6.61. The molecule has 18 heavy (non-hydrogen) atoms. The third-order valence-electron chi connectivity index (χ3n) is 3.31. The van der Waals surface area contributed by atoms with Gasteiger partial charge in [-0.1, -0.05) is 0 Å². The number of aryl methyl sites for hydroxylation is 2. The molecule has 2 rings (SSSR count). The number of hydrogen-bond donors (Lipinski definition) is 1. The van der Waals surface area contributed by atoms with Gasteiger partial charge >= 0.3 is 0 Å². The Morgan fingerprint density at radius 1 is 1.44 bits per heavy atom. The molecule has 5 nitrogen and oxygen atoms in total. The Kier molecular flexibility index (Phi) is 3.59. The molecule has 2 heterocycles. The predicted molar refractivity (Wildman–Crippen MR) is 76.5 cm³/mol. The van der Waals surface area contributed by atoms with Crippen LogP contribution in [0.4, 0.5) is 0 Å². The fraction of sp³-hybridized carbons (Fsp3) is 0.667. The number of H-pyrrole nitrogens is 1. The van der Waals surface area contributed by atoms with E-state index in [4.69, 9.17) is 12.2 Å². The molecule has 1 unspecified atom stereocenters. The van der Waals surface area contributed by atoms with E-state index in [-0.39, 0.29) is 0 Å². The van der Waals surface area contributed by atoms with E-state index in [0.29, 0.717) is 6.04 Å². The number of fused-ring (bicyclic) bond motifs is 1. The second-order valence-corrected chi connectivity index (χ2v) is 5.54. The molecule has 0 aliphatic rings. The van der Waals surface area contributed by atoms with Crippen molar-refractivity contribution in [3.63, 3.8) is 0 Å². The van der Waals surface area contributed by atoms with Crippen molar-refractivity contribution in [2.24, 2.45) is 7.05 Å². The summed E-state index contributed by atoms with van der Waals surface area (Å²) in [6.45, 7) is 5.25. The Labute approximate surface area is 112 Å². The summed E-state index contributed by atoms with van der Waals surface area (Å²) in [7, 11) is 6.15. The van der Waals surface area contributed by atoms with E-state index in [0.717, 1.165) is 34.6 Å². The number of nitrogens with zero attached hydrogens (tertiary/aromatic N) is 4. The van der Waals surface area contributed by atoms with Gasteiger partial charge in [0, 0.05) is 13.1 Å². The van der Waals surface area contributed by atoms with E-state index < -0.39 is 0 Å². The lowest BCUT2D eigenvalue weighted by atomic mass is 10.2. The number of imidazole rings is 1. The second kappa shape index (κ2) is 4.85. The molecule has 1 N–H and O–H groups in total. The Hall–Kier alpha value is -1.14. The topological polar surface area (TPSA) is 41.8 Å². The molecule has 0 aromatic carbocycles. The summed E-state index contributed by atoms with van der Waals surface area (Å²) < 4.78 is 4.87. The Bertz CT molecular complexity index is 604. The third-order valence-corrected chi connectivity index (χ3v) is 3.60. The number of aromatic nitrogens is 4. The smallest absolute Gasteiger partial charge is 0.179 e. The maximum Gasteiger partial charge on any atom is 0.179 e. The van der Waals surface area contributed by atoms with Gasteiger partial charge in [-0.3, -0.25) is 9.25 Å². The molecule has 0 radical (unpaired) electrons. The first-order valence-electron chi connectivity index (χ1n) is 6.20. The molecule has 0 spiro atoms. The van der Waals surface area contributed by atoms with Gasteiger partial charge in [-0.05, 0) is 53.1 Å². The highest BCUT2D eigenvalue weighted by molar-refractivity contribution is 7.71. The molecule has 2 aromatic heterocycles. The molecule has 0 saturated heterocycles. The first kappa shape index (κ1) is 13.3. The van der Waals surface area contributed by atoms with Crippen LogP contribution < -0.4 is 0 Å². The van der Waals surface area contributed by atoms with Crippen molar-refractivity contribution in [3.8, 4) is 0 Å². The summed E-state index contributed by atoms with van der Waals surface area (Å²) in [6, 6.07) is 0.364. The Morgan fingerprint density at radius 2 is 2.11 bits per heavy atom. The zero-order chi connectivity index (χ0) is 13.4. The van der Waals surface area contributed by atoms with Gasteiger partial charge in [-0.25, -0.2) is 0 Å². The van der Waals surface area contributed by atoms with Crippen LogP contribution in [0.15, 0.2) is 0 Å². The Morgan fingerprint density at radius 3 is 2.72 bits per heavy atom. The molecule has 0 aliphatic heterocycles. The van der Waals surface area contributed by atoms with E-state index in [1.54, 1.807) is 0 Å². The maximum atomic E-state index is 5.43. The first-order chi connectivity index (χ1) is 8.41. The van der Waals surface area contributed by atoms with Crippen LogP contribution >= 0.6 is 12.2 Å². The zero-order valence-electron chi connectivity index (χ0n) is 11.7. The lowest BCUT2D eigenvalue weighted by Gasteiger charge is -2.17. The lowest BCUT2D eigenvalue weighted by Crippen LogP contribution is -2.18. The SMILES string of the molecule is Cc1nn(C)c2c1[nH]c(=S)n2C(C)CCN(C)C. The average molecular weight is 267 g/mol. The van der Waals surface area contributed by atoms with Crippen molar-refractivity contribution in [2.75, 3.05) is 20.6 Å². The summed E-state index contributed by atoms with van der Waals surface area (Å²) >= 11 is 5.43. The van der Waals surface area contributed by atoms with Crippen molar-refractivity contribution >= 4 is 23.4 Å². The van der Waals surface area contributed by atoms with Crippen molar-refractivity contribution in [3.05, 3.63) is 10.5 Å². The van der Waals surface area contributed by atoms with Gasteiger partial charge in [0.15, 0.2) is 10.4 Å². The van der Waals surface area contributed by atoms with E-state index >= 15 is 0 Å². The molecule has 100 valence electrons. The molecule has 0 amide bonds. The van der Waals surface area contributed by atoms with E-state index in [9.17, 15) is 0 Å². The van der Waals surface area contributed by atoms with Crippen molar-refractivity contribution in [1.82, 2.24) is 24.2 Å². The standard InChI is InChI=1S/C12H21N5S/c1-8(6-7-15(3)4)17-11-10(13-12(17)18)9(2)14-16(11)5/h8H,6-7H2,1-5H3,(H,13,18). The fourth-order valence-corrected chi connectivity index (χ4v) is 2.68. The minimum absolute atomic E-state index is 0.364. The minimum Gasteiger partial charge on any atom is -0.328 e. The largest absolute Gasteiger partial charge is 0.328 e. The normalized spacial score (nSPS) is 13.7. The highest BCUT2D eigenvalue weighted by Crippen LogP contribution is 2.22.